The Bertz CT molecular complexity index is 592. The van der Waals surface area contributed by atoms with Crippen LogP contribution in [0.1, 0.15) is 12.8 Å². The van der Waals surface area contributed by atoms with E-state index in [0.29, 0.717) is 0 Å². The van der Waals surface area contributed by atoms with Crippen molar-refractivity contribution in [3.8, 4) is 0 Å². The molecule has 1 amide bonds. The molecule has 2 atom stereocenters. The first-order valence-corrected chi connectivity index (χ1v) is 7.70. The predicted molar refractivity (Wildman–Crippen MR) is 73.1 cm³/mol. The number of aliphatic imine (C=N–C) groups is 1. The van der Waals surface area contributed by atoms with Gasteiger partial charge < -0.3 is 26.4 Å². The predicted octanol–water partition coefficient (Wildman–Crippen LogP) is -6.60. The van der Waals surface area contributed by atoms with Crippen LogP contribution >= 0.6 is 0 Å². The fourth-order valence-electron chi connectivity index (χ4n) is 1.29. The average Bonchev–Trinajstić information content (AvgIpc) is 2.39. The molecule has 6 N–H and O–H groups in total. The van der Waals surface area contributed by atoms with E-state index in [1.165, 1.54) is 0 Å². The molecule has 0 aromatic heterocycles. The fraction of sp³-hybridized carbons (Fsp3) is 0.600. The van der Waals surface area contributed by atoms with Gasteiger partial charge in [0.05, 0.1) is 0 Å². The number of amides is 1. The van der Waals surface area contributed by atoms with Crippen molar-refractivity contribution in [2.75, 3.05) is 12.3 Å². The molecule has 0 aliphatic rings. The number of carbonyl (C=O) groups is 3. The third-order valence-electron chi connectivity index (χ3n) is 2.37. The van der Waals surface area contributed by atoms with E-state index >= 15 is 0 Å². The maximum atomic E-state index is 11.6. The molecule has 0 rings (SSSR count). The molecule has 0 radical (unpaired) electrons. The Morgan fingerprint density at radius 3 is 2.21 bits per heavy atom. The minimum atomic E-state index is -4.67. The number of nitrogens with zero attached hydrogens (tertiary/aromatic N) is 1. The molecule has 0 aromatic rings. The fourth-order valence-corrected chi connectivity index (χ4v) is 1.92. The average molecular weight is 377 g/mol. The van der Waals surface area contributed by atoms with Gasteiger partial charge in [-0.25, -0.2) is 0 Å². The molecule has 0 fully saturated rings. The number of nitrogens with two attached hydrogens (primary N) is 1. The van der Waals surface area contributed by atoms with Gasteiger partial charge in [-0.1, -0.05) is 0 Å². The molecule has 0 unspecified atom stereocenters. The summed E-state index contributed by atoms with van der Waals surface area (Å²) in [6, 6.07) is -3.20. The molecule has 12 nitrogen and oxygen atoms in total. The maximum Gasteiger partial charge on any atom is 1.00 e. The van der Waals surface area contributed by atoms with Crippen LogP contribution in [0.15, 0.2) is 4.99 Å². The molecule has 0 saturated heterocycles. The molecule has 24 heavy (non-hydrogen) atoms. The molecular weight excluding hydrogens is 361 g/mol. The number of carboxylic acid groups (broad SMARTS) is 2. The van der Waals surface area contributed by atoms with Crippen molar-refractivity contribution < 1.29 is 72.2 Å². The van der Waals surface area contributed by atoms with Gasteiger partial charge in [-0.2, -0.15) is 8.42 Å². The summed E-state index contributed by atoms with van der Waals surface area (Å²) in [7, 11) is -4.67. The second-order valence-electron chi connectivity index (χ2n) is 4.38. The smallest absolute Gasteiger partial charge is 0.862 e. The van der Waals surface area contributed by atoms with Gasteiger partial charge in [-0.3, -0.25) is 23.9 Å². The number of rotatable bonds is 10. The summed E-state index contributed by atoms with van der Waals surface area (Å²) in [5, 5.41) is 30.3. The zero-order valence-corrected chi connectivity index (χ0v) is 15.5. The summed E-state index contributed by atoms with van der Waals surface area (Å²) in [6.07, 6.45) is -0.769. The Hall–Kier alpha value is -1.25. The third kappa shape index (κ3) is 12.2. The third-order valence-corrected chi connectivity index (χ3v) is 3.11. The van der Waals surface area contributed by atoms with Crippen molar-refractivity contribution in [3.05, 3.63) is 0 Å². The van der Waals surface area contributed by atoms with Crippen LogP contribution in [0.4, 0.5) is 0 Å². The van der Waals surface area contributed by atoms with Gasteiger partial charge in [0.2, 0.25) is 5.91 Å². The van der Waals surface area contributed by atoms with Crippen molar-refractivity contribution in [1.29, 1.82) is 0 Å². The molecule has 0 saturated carbocycles. The molecule has 0 spiro atoms. The number of carboxylic acids is 2. The Morgan fingerprint density at radius 1 is 1.25 bits per heavy atom. The first kappa shape index (κ1) is 25.0. The van der Waals surface area contributed by atoms with Crippen LogP contribution in [0.5, 0.6) is 0 Å². The van der Waals surface area contributed by atoms with Crippen molar-refractivity contribution >= 4 is 33.9 Å². The zero-order chi connectivity index (χ0) is 18.2. The standard InChI is InChI=1S/C10H17N3O9S.Na/c11-5(10(18)19)1-2-7(14)13-6(4-23(20,21)22)9(17)12-3-8(15)16;/h5-6H,1-4,11H2,(H,12,17)(H,13,14)(H,15,16)(H,18,19)(H,20,21,22);/q;+1/p-1/t5-,6-;/m0./s1. The van der Waals surface area contributed by atoms with Crippen LogP contribution in [-0.2, 0) is 24.5 Å². The quantitative estimate of drug-likeness (QED) is 0.105. The second-order valence-corrected chi connectivity index (χ2v) is 5.88. The van der Waals surface area contributed by atoms with Crippen LogP contribution in [-0.4, -0.2) is 71.3 Å². The number of hydrogen-bond donors (Lipinski definition) is 5. The minimum Gasteiger partial charge on any atom is -0.862 e. The number of nitrogens with one attached hydrogen (secondary N) is 1. The Balaban J connectivity index is 0. The number of carbonyl (C=O) groups excluding carboxylic acids is 1. The summed E-state index contributed by atoms with van der Waals surface area (Å²) in [5.41, 5.74) is 5.16. The first-order valence-electron chi connectivity index (χ1n) is 6.09. The van der Waals surface area contributed by atoms with Crippen LogP contribution in [0, 0.1) is 0 Å². The Morgan fingerprint density at radius 2 is 1.79 bits per heavy atom. The van der Waals surface area contributed by atoms with E-state index in [4.69, 9.17) is 20.5 Å². The van der Waals surface area contributed by atoms with Gasteiger partial charge >= 0.3 is 41.5 Å². The van der Waals surface area contributed by atoms with Gasteiger partial charge in [0, 0.05) is 0 Å². The summed E-state index contributed by atoms with van der Waals surface area (Å²) in [4.78, 5) is 35.6. The van der Waals surface area contributed by atoms with Gasteiger partial charge in [-0.05, 0) is 18.7 Å². The zero-order valence-electron chi connectivity index (χ0n) is 12.7. The normalized spacial score (nSPS) is 14.2. The summed E-state index contributed by atoms with van der Waals surface area (Å²) >= 11 is 0. The van der Waals surface area contributed by atoms with Crippen molar-refractivity contribution in [1.82, 2.24) is 5.32 Å². The number of aliphatic carboxylic acids is 2. The van der Waals surface area contributed by atoms with Crippen molar-refractivity contribution in [2.45, 2.75) is 24.9 Å². The summed E-state index contributed by atoms with van der Waals surface area (Å²) in [6.45, 7) is -0.839. The van der Waals surface area contributed by atoms with E-state index in [1.807, 2.05) is 5.32 Å². The number of hydrogen-bond acceptors (Lipinski definition) is 8. The van der Waals surface area contributed by atoms with Crippen LogP contribution < -0.4 is 45.7 Å². The molecule has 0 heterocycles. The van der Waals surface area contributed by atoms with Crippen molar-refractivity contribution in [2.24, 2.45) is 10.7 Å². The molecule has 132 valence electrons. The van der Waals surface area contributed by atoms with Crippen LogP contribution in [0.3, 0.4) is 0 Å². The molecule has 0 aromatic carbocycles. The van der Waals surface area contributed by atoms with E-state index in [1.54, 1.807) is 0 Å². The SMILES string of the molecule is N[C@@H](CCC([O-])=N[C@@H](CS(=O)(=O)O)C(=O)NCC(=O)O)C(=O)O.[Na+]. The summed E-state index contributed by atoms with van der Waals surface area (Å²) in [5.74, 6) is -6.20. The topological polar surface area (TPSA) is 220 Å². The van der Waals surface area contributed by atoms with E-state index in [2.05, 4.69) is 4.99 Å². The van der Waals surface area contributed by atoms with E-state index in [0.717, 1.165) is 0 Å². The Labute approximate surface area is 159 Å². The van der Waals surface area contributed by atoms with Crippen LogP contribution in [0.2, 0.25) is 0 Å². The molecule has 0 aliphatic heterocycles. The van der Waals surface area contributed by atoms with Gasteiger partial charge in [0.15, 0.2) is 0 Å². The van der Waals surface area contributed by atoms with Gasteiger partial charge in [0.25, 0.3) is 10.1 Å². The summed E-state index contributed by atoms with van der Waals surface area (Å²) < 4.78 is 30.3. The molecule has 14 heteroatoms. The molecule has 0 aliphatic carbocycles. The monoisotopic (exact) mass is 377 g/mol. The van der Waals surface area contributed by atoms with E-state index < -0.39 is 64.7 Å². The van der Waals surface area contributed by atoms with Gasteiger partial charge in [-0.15, -0.1) is 0 Å². The molecule has 0 bridgehead atoms. The van der Waals surface area contributed by atoms with Gasteiger partial charge in [0.1, 0.15) is 24.4 Å². The van der Waals surface area contributed by atoms with Crippen molar-refractivity contribution in [3.63, 3.8) is 0 Å². The second kappa shape index (κ2) is 11.3. The minimum absolute atomic E-state index is 0. The largest absolute Gasteiger partial charge is 1.00 e. The first-order chi connectivity index (χ1) is 10.4. The van der Waals surface area contributed by atoms with E-state index in [-0.39, 0.29) is 36.0 Å². The maximum absolute atomic E-state index is 11.6. The van der Waals surface area contributed by atoms with Crippen LogP contribution in [0.25, 0.3) is 0 Å². The van der Waals surface area contributed by atoms with E-state index in [9.17, 15) is 27.9 Å². The Kier molecular flexibility index (Phi) is 11.8. The molecular formula is C10H16N3NaO9S.